The van der Waals surface area contributed by atoms with Crippen molar-refractivity contribution in [2.45, 2.75) is 34.2 Å². The Bertz CT molecular complexity index is 656. The summed E-state index contributed by atoms with van der Waals surface area (Å²) < 4.78 is 27.8. The molecule has 1 rings (SSSR count). The van der Waals surface area contributed by atoms with Gasteiger partial charge in [-0.05, 0) is 24.1 Å². The SMILES string of the molecule is CC(C)CN(Cc1cc(Cl)ccc1OS(C)(=O)=O)C(=O)C(C)C. The number of amides is 1. The van der Waals surface area contributed by atoms with Gasteiger partial charge in [0.1, 0.15) is 5.75 Å². The van der Waals surface area contributed by atoms with Crippen LogP contribution in [0.3, 0.4) is 0 Å². The largest absolute Gasteiger partial charge is 0.382 e. The molecule has 0 aliphatic heterocycles. The van der Waals surface area contributed by atoms with Crippen molar-refractivity contribution in [3.63, 3.8) is 0 Å². The van der Waals surface area contributed by atoms with Gasteiger partial charge in [-0.25, -0.2) is 0 Å². The van der Waals surface area contributed by atoms with Gasteiger partial charge in [0.25, 0.3) is 0 Å². The van der Waals surface area contributed by atoms with Gasteiger partial charge in [0, 0.05) is 29.6 Å². The monoisotopic (exact) mass is 361 g/mol. The fraction of sp³-hybridized carbons (Fsp3) is 0.562. The third-order valence-electron chi connectivity index (χ3n) is 3.02. The van der Waals surface area contributed by atoms with Crippen molar-refractivity contribution in [1.29, 1.82) is 0 Å². The molecule has 0 saturated carbocycles. The highest BCUT2D eigenvalue weighted by Gasteiger charge is 2.21. The zero-order valence-electron chi connectivity index (χ0n) is 14.2. The van der Waals surface area contributed by atoms with E-state index in [2.05, 4.69) is 0 Å². The van der Waals surface area contributed by atoms with E-state index in [1.807, 2.05) is 27.7 Å². The predicted molar refractivity (Wildman–Crippen MR) is 92.0 cm³/mol. The number of nitrogens with zero attached hydrogens (tertiary/aromatic N) is 1. The Kier molecular flexibility index (Phi) is 6.89. The number of halogens is 1. The van der Waals surface area contributed by atoms with Crippen molar-refractivity contribution < 1.29 is 17.4 Å². The molecule has 0 spiro atoms. The van der Waals surface area contributed by atoms with Crippen LogP contribution in [-0.4, -0.2) is 32.0 Å². The van der Waals surface area contributed by atoms with Gasteiger partial charge in [-0.3, -0.25) is 4.79 Å². The Morgan fingerprint density at radius 3 is 2.35 bits per heavy atom. The van der Waals surface area contributed by atoms with Gasteiger partial charge in [-0.1, -0.05) is 39.3 Å². The van der Waals surface area contributed by atoms with Crippen LogP contribution < -0.4 is 4.18 Å². The number of benzene rings is 1. The first-order chi connectivity index (χ1) is 10.5. The Balaban J connectivity index is 3.16. The van der Waals surface area contributed by atoms with Crippen molar-refractivity contribution in [3.05, 3.63) is 28.8 Å². The lowest BCUT2D eigenvalue weighted by molar-refractivity contribution is -0.135. The third-order valence-corrected chi connectivity index (χ3v) is 3.73. The van der Waals surface area contributed by atoms with Gasteiger partial charge < -0.3 is 9.08 Å². The zero-order chi connectivity index (χ0) is 17.8. The fourth-order valence-electron chi connectivity index (χ4n) is 2.16. The molecule has 0 aliphatic carbocycles. The van der Waals surface area contributed by atoms with E-state index in [4.69, 9.17) is 15.8 Å². The Labute approximate surface area is 143 Å². The summed E-state index contributed by atoms with van der Waals surface area (Å²) >= 11 is 6.01. The molecule has 0 fully saturated rings. The minimum Gasteiger partial charge on any atom is -0.382 e. The molecule has 0 aliphatic rings. The molecule has 0 bridgehead atoms. The molecule has 0 unspecified atom stereocenters. The lowest BCUT2D eigenvalue weighted by atomic mass is 10.1. The smallest absolute Gasteiger partial charge is 0.306 e. The lowest BCUT2D eigenvalue weighted by Crippen LogP contribution is -2.36. The van der Waals surface area contributed by atoms with Crippen molar-refractivity contribution in [2.24, 2.45) is 11.8 Å². The number of hydrogen-bond acceptors (Lipinski definition) is 4. The fourth-order valence-corrected chi connectivity index (χ4v) is 2.84. The molecule has 23 heavy (non-hydrogen) atoms. The second-order valence-corrected chi connectivity index (χ2v) is 8.32. The number of hydrogen-bond donors (Lipinski definition) is 0. The van der Waals surface area contributed by atoms with Crippen LogP contribution in [0.1, 0.15) is 33.3 Å². The van der Waals surface area contributed by atoms with Crippen LogP contribution in [0, 0.1) is 11.8 Å². The highest BCUT2D eigenvalue weighted by Crippen LogP contribution is 2.26. The van der Waals surface area contributed by atoms with Gasteiger partial charge in [-0.2, -0.15) is 8.42 Å². The van der Waals surface area contributed by atoms with Crippen molar-refractivity contribution in [3.8, 4) is 5.75 Å². The van der Waals surface area contributed by atoms with Crippen LogP contribution in [-0.2, 0) is 21.5 Å². The first kappa shape index (κ1) is 19.8. The molecule has 130 valence electrons. The maximum absolute atomic E-state index is 12.4. The summed E-state index contributed by atoms with van der Waals surface area (Å²) in [7, 11) is -3.65. The molecule has 1 amide bonds. The summed E-state index contributed by atoms with van der Waals surface area (Å²) in [5.41, 5.74) is 0.567. The summed E-state index contributed by atoms with van der Waals surface area (Å²) in [4.78, 5) is 14.1. The summed E-state index contributed by atoms with van der Waals surface area (Å²) in [5, 5.41) is 0.461. The average Bonchev–Trinajstić information content (AvgIpc) is 2.38. The lowest BCUT2D eigenvalue weighted by Gasteiger charge is -2.27. The van der Waals surface area contributed by atoms with Crippen LogP contribution in [0.2, 0.25) is 5.02 Å². The molecule has 1 aromatic rings. The molecule has 5 nitrogen and oxygen atoms in total. The van der Waals surface area contributed by atoms with Crippen LogP contribution in [0.15, 0.2) is 18.2 Å². The molecule has 1 aromatic carbocycles. The van der Waals surface area contributed by atoms with Gasteiger partial charge >= 0.3 is 10.1 Å². The molecular weight excluding hydrogens is 338 g/mol. The predicted octanol–water partition coefficient (Wildman–Crippen LogP) is 3.32. The van der Waals surface area contributed by atoms with Crippen molar-refractivity contribution >= 4 is 27.6 Å². The summed E-state index contributed by atoms with van der Waals surface area (Å²) in [5.74, 6) is 0.342. The highest BCUT2D eigenvalue weighted by molar-refractivity contribution is 7.86. The quantitative estimate of drug-likeness (QED) is 0.699. The third kappa shape index (κ3) is 6.79. The first-order valence-electron chi connectivity index (χ1n) is 7.46. The molecule has 0 aromatic heterocycles. The van der Waals surface area contributed by atoms with Crippen LogP contribution >= 0.6 is 11.6 Å². The average molecular weight is 362 g/mol. The van der Waals surface area contributed by atoms with Gasteiger partial charge in [0.2, 0.25) is 5.91 Å². The summed E-state index contributed by atoms with van der Waals surface area (Å²) in [6.45, 7) is 8.53. The van der Waals surface area contributed by atoms with Gasteiger partial charge in [-0.15, -0.1) is 0 Å². The number of carbonyl (C=O) groups is 1. The molecule has 0 atom stereocenters. The maximum atomic E-state index is 12.4. The van der Waals surface area contributed by atoms with E-state index in [1.165, 1.54) is 6.07 Å². The Morgan fingerprint density at radius 1 is 1.26 bits per heavy atom. The number of rotatable bonds is 7. The van der Waals surface area contributed by atoms with E-state index < -0.39 is 10.1 Å². The summed E-state index contributed by atoms with van der Waals surface area (Å²) in [6.07, 6.45) is 0.983. The van der Waals surface area contributed by atoms with E-state index in [9.17, 15) is 13.2 Å². The van der Waals surface area contributed by atoms with Crippen molar-refractivity contribution in [1.82, 2.24) is 4.90 Å². The molecular formula is C16H24ClNO4S. The van der Waals surface area contributed by atoms with Gasteiger partial charge in [0.05, 0.1) is 6.26 Å². The standard InChI is InChI=1S/C16H24ClNO4S/c1-11(2)9-18(16(19)12(3)4)10-13-8-14(17)6-7-15(13)22-23(5,20)21/h6-8,11-12H,9-10H2,1-5H3. The molecule has 0 heterocycles. The van der Waals surface area contributed by atoms with E-state index in [0.717, 1.165) is 6.26 Å². The van der Waals surface area contributed by atoms with E-state index in [-0.39, 0.29) is 30.0 Å². The Hall–Kier alpha value is -1.27. The molecule has 0 N–H and O–H groups in total. The second kappa shape index (κ2) is 8.02. The molecule has 7 heteroatoms. The highest BCUT2D eigenvalue weighted by atomic mass is 35.5. The topological polar surface area (TPSA) is 63.7 Å². The van der Waals surface area contributed by atoms with Crippen LogP contribution in [0.5, 0.6) is 5.75 Å². The maximum Gasteiger partial charge on any atom is 0.306 e. The minimum absolute atomic E-state index is 0.00369. The van der Waals surface area contributed by atoms with E-state index in [0.29, 0.717) is 17.1 Å². The Morgan fingerprint density at radius 2 is 1.87 bits per heavy atom. The van der Waals surface area contributed by atoms with E-state index in [1.54, 1.807) is 17.0 Å². The van der Waals surface area contributed by atoms with Crippen LogP contribution in [0.4, 0.5) is 0 Å². The normalized spacial score (nSPS) is 11.8. The first-order valence-corrected chi connectivity index (χ1v) is 9.65. The number of carbonyl (C=O) groups excluding carboxylic acids is 1. The second-order valence-electron chi connectivity index (χ2n) is 6.31. The summed E-state index contributed by atoms with van der Waals surface area (Å²) in [6, 6.07) is 4.69. The zero-order valence-corrected chi connectivity index (χ0v) is 15.7. The minimum atomic E-state index is -3.65. The van der Waals surface area contributed by atoms with Crippen LogP contribution in [0.25, 0.3) is 0 Å². The van der Waals surface area contributed by atoms with Crippen molar-refractivity contribution in [2.75, 3.05) is 12.8 Å². The van der Waals surface area contributed by atoms with Gasteiger partial charge in [0.15, 0.2) is 0 Å². The molecule has 0 radical (unpaired) electrons. The molecule has 0 saturated heterocycles. The van der Waals surface area contributed by atoms with E-state index >= 15 is 0 Å².